The maximum atomic E-state index is 10.8. The second-order valence-corrected chi connectivity index (χ2v) is 7.30. The molecule has 10 nitrogen and oxygen atoms in total. The molecule has 0 aliphatic carbocycles. The summed E-state index contributed by atoms with van der Waals surface area (Å²) in [5.41, 5.74) is 7.48. The van der Waals surface area contributed by atoms with Crippen LogP contribution < -0.4 is 16.4 Å². The number of imidazole rings is 1. The summed E-state index contributed by atoms with van der Waals surface area (Å²) in [6, 6.07) is 9.87. The van der Waals surface area contributed by atoms with E-state index < -0.39 is 4.92 Å². The summed E-state index contributed by atoms with van der Waals surface area (Å²) in [6.07, 6.45) is 3.47. The molecule has 12 heteroatoms. The molecule has 0 spiro atoms. The molecular formula is C19H16Cl2N8O2. The first-order valence-corrected chi connectivity index (χ1v) is 9.86. The smallest absolute Gasteiger partial charge is 0.311 e. The Hall–Kier alpha value is -3.63. The number of nitrogens with one attached hydrogen (secondary N) is 2. The topological polar surface area (TPSA) is 136 Å². The molecule has 3 heterocycles. The van der Waals surface area contributed by atoms with Gasteiger partial charge in [0.25, 0.3) is 0 Å². The lowest BCUT2D eigenvalue weighted by molar-refractivity contribution is -0.384. The minimum atomic E-state index is -0.574. The average Bonchev–Trinajstić information content (AvgIpc) is 3.19. The second-order valence-electron chi connectivity index (χ2n) is 6.46. The molecule has 4 N–H and O–H groups in total. The van der Waals surface area contributed by atoms with Crippen molar-refractivity contribution in [3.63, 3.8) is 0 Å². The van der Waals surface area contributed by atoms with Crippen LogP contribution in [0.3, 0.4) is 0 Å². The van der Waals surface area contributed by atoms with Gasteiger partial charge in [-0.25, -0.2) is 15.0 Å². The minimum absolute atomic E-state index is 0.141. The van der Waals surface area contributed by atoms with Gasteiger partial charge in [0, 0.05) is 48.2 Å². The third kappa shape index (κ3) is 4.44. The number of nitrogens with zero attached hydrogens (tertiary/aromatic N) is 5. The lowest BCUT2D eigenvalue weighted by atomic mass is 10.1. The summed E-state index contributed by atoms with van der Waals surface area (Å²) in [5.74, 6) is 0.874. The van der Waals surface area contributed by atoms with Crippen molar-refractivity contribution in [2.75, 3.05) is 29.5 Å². The molecule has 0 bridgehead atoms. The normalized spacial score (nSPS) is 10.9. The molecule has 4 aromatic rings. The van der Waals surface area contributed by atoms with Gasteiger partial charge in [-0.3, -0.25) is 14.5 Å². The number of aromatic nitrogens is 4. The predicted octanol–water partition coefficient (Wildman–Crippen LogP) is 4.11. The molecule has 1 aromatic carbocycles. The van der Waals surface area contributed by atoms with E-state index in [2.05, 4.69) is 25.6 Å². The van der Waals surface area contributed by atoms with Gasteiger partial charge in [0.05, 0.1) is 15.6 Å². The van der Waals surface area contributed by atoms with Crippen LogP contribution in [0, 0.1) is 10.1 Å². The van der Waals surface area contributed by atoms with E-state index in [9.17, 15) is 10.1 Å². The summed E-state index contributed by atoms with van der Waals surface area (Å²) in [6.45, 7) is 0.949. The summed E-state index contributed by atoms with van der Waals surface area (Å²) >= 11 is 12.3. The Morgan fingerprint density at radius 3 is 2.65 bits per heavy atom. The van der Waals surface area contributed by atoms with Crippen LogP contribution in [0.15, 0.2) is 48.8 Å². The number of rotatable bonds is 7. The number of nitro groups is 1. The Morgan fingerprint density at radius 1 is 1.10 bits per heavy atom. The molecule has 0 amide bonds. The zero-order valence-corrected chi connectivity index (χ0v) is 17.4. The van der Waals surface area contributed by atoms with Crippen molar-refractivity contribution in [2.24, 2.45) is 0 Å². The number of benzene rings is 1. The molecule has 158 valence electrons. The van der Waals surface area contributed by atoms with Gasteiger partial charge in [-0.05, 0) is 24.3 Å². The second kappa shape index (κ2) is 8.62. The summed E-state index contributed by atoms with van der Waals surface area (Å²) in [5, 5.41) is 18.2. The Balaban J connectivity index is 1.49. The van der Waals surface area contributed by atoms with Crippen LogP contribution in [-0.4, -0.2) is 37.4 Å². The van der Waals surface area contributed by atoms with Crippen LogP contribution in [0.4, 0.5) is 23.3 Å². The van der Waals surface area contributed by atoms with E-state index in [-0.39, 0.29) is 11.5 Å². The first kappa shape index (κ1) is 20.6. The van der Waals surface area contributed by atoms with Crippen molar-refractivity contribution >= 4 is 52.1 Å². The van der Waals surface area contributed by atoms with E-state index in [1.807, 2.05) is 16.5 Å². The Morgan fingerprint density at radius 2 is 1.90 bits per heavy atom. The molecule has 0 atom stereocenters. The molecule has 0 fully saturated rings. The zero-order valence-electron chi connectivity index (χ0n) is 15.9. The van der Waals surface area contributed by atoms with Crippen LogP contribution in [0.25, 0.3) is 16.9 Å². The first-order valence-electron chi connectivity index (χ1n) is 9.10. The molecule has 0 saturated carbocycles. The maximum Gasteiger partial charge on any atom is 0.311 e. The quantitative estimate of drug-likeness (QED) is 0.213. The monoisotopic (exact) mass is 458 g/mol. The summed E-state index contributed by atoms with van der Waals surface area (Å²) in [7, 11) is 0. The van der Waals surface area contributed by atoms with Gasteiger partial charge in [-0.1, -0.05) is 23.2 Å². The van der Waals surface area contributed by atoms with Gasteiger partial charge in [0.2, 0.25) is 11.8 Å². The van der Waals surface area contributed by atoms with Crippen molar-refractivity contribution in [3.8, 4) is 11.3 Å². The van der Waals surface area contributed by atoms with Crippen LogP contribution in [0.5, 0.6) is 0 Å². The Kier molecular flexibility index (Phi) is 5.74. The van der Waals surface area contributed by atoms with E-state index in [0.717, 1.165) is 5.56 Å². The highest BCUT2D eigenvalue weighted by molar-refractivity contribution is 6.36. The van der Waals surface area contributed by atoms with E-state index in [1.165, 1.54) is 12.1 Å². The van der Waals surface area contributed by atoms with Crippen molar-refractivity contribution in [1.82, 2.24) is 19.4 Å². The van der Waals surface area contributed by atoms with Crippen molar-refractivity contribution in [3.05, 3.63) is 69.0 Å². The van der Waals surface area contributed by atoms with Crippen LogP contribution in [0.2, 0.25) is 10.0 Å². The number of hydrogen-bond acceptors (Lipinski definition) is 8. The summed E-state index contributed by atoms with van der Waals surface area (Å²) in [4.78, 5) is 23.3. The largest absolute Gasteiger partial charge is 0.378 e. The standard InChI is InChI=1S/C19H16Cl2N8O2/c20-11-1-2-12(13(21)9-11)14-10-17-24-7-8-28(17)19(26-14)25-6-5-23-16-4-3-15(29(30)31)18(22)27-16/h1-4,7-10H,5-6H2,(H,25,26)(H3,22,23,27). The van der Waals surface area contributed by atoms with E-state index >= 15 is 0 Å². The number of nitrogens with two attached hydrogens (primary N) is 1. The van der Waals surface area contributed by atoms with E-state index in [4.69, 9.17) is 28.9 Å². The highest BCUT2D eigenvalue weighted by atomic mass is 35.5. The number of pyridine rings is 1. The van der Waals surface area contributed by atoms with Crippen LogP contribution in [-0.2, 0) is 0 Å². The lowest BCUT2D eigenvalue weighted by Crippen LogP contribution is -2.17. The molecule has 0 saturated heterocycles. The molecular weight excluding hydrogens is 443 g/mol. The number of halogens is 2. The lowest BCUT2D eigenvalue weighted by Gasteiger charge is -2.12. The number of fused-ring (bicyclic) bond motifs is 1. The van der Waals surface area contributed by atoms with Gasteiger partial charge >= 0.3 is 5.69 Å². The third-order valence-electron chi connectivity index (χ3n) is 4.41. The number of anilines is 3. The third-order valence-corrected chi connectivity index (χ3v) is 4.96. The highest BCUT2D eigenvalue weighted by Crippen LogP contribution is 2.30. The molecule has 0 aliphatic rings. The van der Waals surface area contributed by atoms with Gasteiger partial charge in [0.15, 0.2) is 0 Å². The number of hydrogen-bond donors (Lipinski definition) is 3. The predicted molar refractivity (Wildman–Crippen MR) is 121 cm³/mol. The molecule has 4 rings (SSSR count). The molecule has 31 heavy (non-hydrogen) atoms. The molecule has 0 unspecified atom stereocenters. The van der Waals surface area contributed by atoms with Crippen LogP contribution in [0.1, 0.15) is 0 Å². The fourth-order valence-electron chi connectivity index (χ4n) is 2.97. The summed E-state index contributed by atoms with van der Waals surface area (Å²) < 4.78 is 1.81. The van der Waals surface area contributed by atoms with Crippen molar-refractivity contribution in [1.29, 1.82) is 0 Å². The van der Waals surface area contributed by atoms with Gasteiger partial charge < -0.3 is 16.4 Å². The van der Waals surface area contributed by atoms with E-state index in [1.54, 1.807) is 24.5 Å². The molecule has 0 aliphatic heterocycles. The van der Waals surface area contributed by atoms with Gasteiger partial charge in [-0.15, -0.1) is 0 Å². The SMILES string of the molecule is Nc1nc(NCCNc2nc(-c3ccc(Cl)cc3Cl)cc3nccn23)ccc1[N+](=O)[O-]. The zero-order chi connectivity index (χ0) is 22.0. The maximum absolute atomic E-state index is 10.8. The molecule has 0 radical (unpaired) electrons. The van der Waals surface area contributed by atoms with Crippen LogP contribution >= 0.6 is 23.2 Å². The van der Waals surface area contributed by atoms with Crippen molar-refractivity contribution < 1.29 is 4.92 Å². The Bertz CT molecular complexity index is 1280. The fraction of sp³-hybridized carbons (Fsp3) is 0.105. The van der Waals surface area contributed by atoms with Gasteiger partial charge in [0.1, 0.15) is 11.5 Å². The number of nitrogen functional groups attached to an aromatic ring is 1. The van der Waals surface area contributed by atoms with Gasteiger partial charge in [-0.2, -0.15) is 0 Å². The van der Waals surface area contributed by atoms with Crippen molar-refractivity contribution in [2.45, 2.75) is 0 Å². The average molecular weight is 459 g/mol. The fourth-order valence-corrected chi connectivity index (χ4v) is 3.47. The minimum Gasteiger partial charge on any atom is -0.378 e. The molecule has 3 aromatic heterocycles. The Labute approximate surface area is 186 Å². The first-order chi connectivity index (χ1) is 14.9. The van der Waals surface area contributed by atoms with E-state index in [0.29, 0.717) is 46.2 Å². The highest BCUT2D eigenvalue weighted by Gasteiger charge is 2.13.